The first-order valence-corrected chi connectivity index (χ1v) is 8.75. The van der Waals surface area contributed by atoms with Gasteiger partial charge in [-0.25, -0.2) is 9.38 Å². The van der Waals surface area contributed by atoms with Crippen molar-refractivity contribution in [3.8, 4) is 0 Å². The van der Waals surface area contributed by atoms with Gasteiger partial charge in [-0.05, 0) is 38.5 Å². The summed E-state index contributed by atoms with van der Waals surface area (Å²) in [6.07, 6.45) is -0.193. The summed E-state index contributed by atoms with van der Waals surface area (Å²) in [4.78, 5) is 4.66. The molecule has 0 aliphatic rings. The molecule has 0 bridgehead atoms. The maximum atomic E-state index is 13.1. The average molecular weight is 489 g/mol. The minimum absolute atomic E-state index is 0. The van der Waals surface area contributed by atoms with Crippen LogP contribution in [0, 0.1) is 19.7 Å². The number of nitrogens with one attached hydrogen (secondary N) is 2. The molecule has 150 valence electrons. The second-order valence-corrected chi connectivity index (χ2v) is 6.12. The van der Waals surface area contributed by atoms with Crippen molar-refractivity contribution in [2.45, 2.75) is 33.4 Å². The van der Waals surface area contributed by atoms with Crippen LogP contribution in [0.5, 0.6) is 0 Å². The topological polar surface area (TPSA) is 63.5 Å². The van der Waals surface area contributed by atoms with Crippen molar-refractivity contribution in [3.63, 3.8) is 0 Å². The van der Waals surface area contributed by atoms with Gasteiger partial charge >= 0.3 is 0 Å². The van der Waals surface area contributed by atoms with E-state index in [1.54, 1.807) is 19.2 Å². The molecule has 0 radical (unpaired) electrons. The molecule has 1 unspecified atom stereocenters. The number of methoxy groups -OCH3 is 1. The molecule has 1 aromatic heterocycles. The molecule has 1 heterocycles. The van der Waals surface area contributed by atoms with Crippen LogP contribution < -0.4 is 10.6 Å². The van der Waals surface area contributed by atoms with Gasteiger partial charge in [0.15, 0.2) is 5.96 Å². The third-order valence-corrected chi connectivity index (χ3v) is 4.38. The molecule has 27 heavy (non-hydrogen) atoms. The van der Waals surface area contributed by atoms with Crippen LogP contribution in [0.3, 0.4) is 0 Å². The first-order chi connectivity index (χ1) is 12.5. The van der Waals surface area contributed by atoms with Crippen molar-refractivity contribution in [1.82, 2.24) is 20.4 Å². The van der Waals surface area contributed by atoms with E-state index < -0.39 is 0 Å². The zero-order valence-corrected chi connectivity index (χ0v) is 18.9. The number of ether oxygens (including phenoxy) is 1. The molecule has 0 saturated heterocycles. The van der Waals surface area contributed by atoms with E-state index in [1.807, 2.05) is 32.5 Å². The number of halogens is 2. The van der Waals surface area contributed by atoms with E-state index in [0.29, 0.717) is 19.0 Å². The van der Waals surface area contributed by atoms with Crippen molar-refractivity contribution in [2.24, 2.45) is 12.0 Å². The second kappa shape index (κ2) is 11.2. The van der Waals surface area contributed by atoms with Gasteiger partial charge in [0.1, 0.15) is 5.82 Å². The Morgan fingerprint density at radius 1 is 1.26 bits per heavy atom. The van der Waals surface area contributed by atoms with Crippen LogP contribution in [0.1, 0.15) is 35.5 Å². The van der Waals surface area contributed by atoms with Crippen LogP contribution in [0.4, 0.5) is 4.39 Å². The lowest BCUT2D eigenvalue weighted by molar-refractivity contribution is 0.106. The fourth-order valence-corrected chi connectivity index (χ4v) is 2.75. The Kier molecular flexibility index (Phi) is 9.71. The minimum atomic E-state index is -0.256. The quantitative estimate of drug-likeness (QED) is 0.356. The normalized spacial score (nSPS) is 12.4. The predicted molar refractivity (Wildman–Crippen MR) is 117 cm³/mol. The highest BCUT2D eigenvalue weighted by Crippen LogP contribution is 2.16. The number of hydrogen-bond acceptors (Lipinski definition) is 3. The molecular formula is C19H29FIN5O. The number of benzene rings is 1. The molecule has 0 saturated carbocycles. The van der Waals surface area contributed by atoms with E-state index in [0.717, 1.165) is 29.1 Å². The van der Waals surface area contributed by atoms with Crippen LogP contribution in [0.2, 0.25) is 0 Å². The highest BCUT2D eigenvalue weighted by molar-refractivity contribution is 14.0. The number of hydrogen-bond donors (Lipinski definition) is 2. The monoisotopic (exact) mass is 489 g/mol. The lowest BCUT2D eigenvalue weighted by Crippen LogP contribution is -2.39. The summed E-state index contributed by atoms with van der Waals surface area (Å²) in [5.74, 6) is 0.452. The molecule has 1 aromatic carbocycles. The summed E-state index contributed by atoms with van der Waals surface area (Å²) in [7, 11) is 3.58. The smallest absolute Gasteiger partial charge is 0.191 e. The fraction of sp³-hybridized carbons (Fsp3) is 0.474. The van der Waals surface area contributed by atoms with Crippen LogP contribution in [0.15, 0.2) is 29.3 Å². The van der Waals surface area contributed by atoms with E-state index in [2.05, 4.69) is 20.7 Å². The van der Waals surface area contributed by atoms with Gasteiger partial charge in [0.05, 0.1) is 18.3 Å². The lowest BCUT2D eigenvalue weighted by atomic mass is 10.1. The van der Waals surface area contributed by atoms with Crippen molar-refractivity contribution < 1.29 is 9.13 Å². The van der Waals surface area contributed by atoms with E-state index in [9.17, 15) is 4.39 Å². The first-order valence-electron chi connectivity index (χ1n) is 8.75. The summed E-state index contributed by atoms with van der Waals surface area (Å²) in [6.45, 7) is 7.89. The standard InChI is InChI=1S/C19H28FN5O.HI/c1-6-21-19(22-11-17-13(2)24-25(4)14(17)3)23-12-18(26-5)15-7-9-16(20)10-8-15;/h7-10,18H,6,11-12H2,1-5H3,(H2,21,22,23);1H. The number of aromatic nitrogens is 2. The molecule has 2 N–H and O–H groups in total. The maximum absolute atomic E-state index is 13.1. The highest BCUT2D eigenvalue weighted by Gasteiger charge is 2.12. The summed E-state index contributed by atoms with van der Waals surface area (Å²) in [5, 5.41) is 11.0. The van der Waals surface area contributed by atoms with E-state index in [1.165, 1.54) is 12.1 Å². The molecular weight excluding hydrogens is 460 g/mol. The Labute approximate surface area is 177 Å². The summed E-state index contributed by atoms with van der Waals surface area (Å²) >= 11 is 0. The largest absolute Gasteiger partial charge is 0.375 e. The first kappa shape index (κ1) is 23.4. The third-order valence-electron chi connectivity index (χ3n) is 4.38. The van der Waals surface area contributed by atoms with Crippen molar-refractivity contribution in [3.05, 3.63) is 52.6 Å². The maximum Gasteiger partial charge on any atom is 0.191 e. The summed E-state index contributed by atoms with van der Waals surface area (Å²) < 4.78 is 20.5. The Bertz CT molecular complexity index is 745. The van der Waals surface area contributed by atoms with E-state index in [4.69, 9.17) is 4.74 Å². The number of guanidine groups is 1. The van der Waals surface area contributed by atoms with Crippen molar-refractivity contribution >= 4 is 29.9 Å². The van der Waals surface area contributed by atoms with Crippen LogP contribution >= 0.6 is 24.0 Å². The zero-order valence-electron chi connectivity index (χ0n) is 16.5. The molecule has 0 spiro atoms. The molecule has 0 aliphatic carbocycles. The number of aliphatic imine (C=N–C) groups is 1. The van der Waals surface area contributed by atoms with Gasteiger partial charge in [0.25, 0.3) is 0 Å². The van der Waals surface area contributed by atoms with Gasteiger partial charge in [-0.2, -0.15) is 5.10 Å². The van der Waals surface area contributed by atoms with Crippen LogP contribution in [-0.2, 0) is 18.3 Å². The predicted octanol–water partition coefficient (Wildman–Crippen LogP) is 3.24. The molecule has 0 amide bonds. The molecule has 1 atom stereocenters. The van der Waals surface area contributed by atoms with Gasteiger partial charge in [-0.15, -0.1) is 24.0 Å². The Balaban J connectivity index is 0.00000364. The third kappa shape index (κ3) is 6.46. The molecule has 6 nitrogen and oxygen atoms in total. The Morgan fingerprint density at radius 3 is 2.44 bits per heavy atom. The van der Waals surface area contributed by atoms with Crippen molar-refractivity contribution in [2.75, 3.05) is 20.2 Å². The minimum Gasteiger partial charge on any atom is -0.375 e. The van der Waals surface area contributed by atoms with Gasteiger partial charge in [0.2, 0.25) is 0 Å². The van der Waals surface area contributed by atoms with Crippen LogP contribution in [-0.4, -0.2) is 35.9 Å². The Morgan fingerprint density at radius 2 is 1.93 bits per heavy atom. The fourth-order valence-electron chi connectivity index (χ4n) is 2.75. The second-order valence-electron chi connectivity index (χ2n) is 6.12. The average Bonchev–Trinajstić information content (AvgIpc) is 2.86. The van der Waals surface area contributed by atoms with Crippen molar-refractivity contribution in [1.29, 1.82) is 0 Å². The SMILES string of the molecule is CCNC(=NCc1c(C)nn(C)c1C)NCC(OC)c1ccc(F)cc1.I. The van der Waals surface area contributed by atoms with Gasteiger partial charge in [0, 0.05) is 38.5 Å². The summed E-state index contributed by atoms with van der Waals surface area (Å²) in [5.41, 5.74) is 4.15. The molecule has 2 aromatic rings. The lowest BCUT2D eigenvalue weighted by Gasteiger charge is -2.18. The zero-order chi connectivity index (χ0) is 19.1. The molecule has 0 fully saturated rings. The van der Waals surface area contributed by atoms with E-state index >= 15 is 0 Å². The van der Waals surface area contributed by atoms with Gasteiger partial charge in [-0.3, -0.25) is 4.68 Å². The Hall–Kier alpha value is -1.68. The van der Waals surface area contributed by atoms with Gasteiger partial charge < -0.3 is 15.4 Å². The highest BCUT2D eigenvalue weighted by atomic mass is 127. The van der Waals surface area contributed by atoms with Gasteiger partial charge in [-0.1, -0.05) is 12.1 Å². The molecule has 8 heteroatoms. The van der Waals surface area contributed by atoms with Crippen LogP contribution in [0.25, 0.3) is 0 Å². The number of aryl methyl sites for hydroxylation is 2. The van der Waals surface area contributed by atoms with E-state index in [-0.39, 0.29) is 35.9 Å². The molecule has 0 aliphatic heterocycles. The number of nitrogens with zero attached hydrogens (tertiary/aromatic N) is 3. The number of rotatable bonds is 7. The molecule has 2 rings (SSSR count). The summed E-state index contributed by atoms with van der Waals surface area (Å²) in [6, 6.07) is 6.35.